The molecule has 0 saturated carbocycles. The Balaban J connectivity index is 1.20. The molecule has 3 aromatic rings. The van der Waals surface area contributed by atoms with Gasteiger partial charge in [0.05, 0.1) is 5.71 Å². The van der Waals surface area contributed by atoms with Gasteiger partial charge >= 0.3 is 0 Å². The number of likely N-dealkylation sites (tertiary alicyclic amines) is 2. The van der Waals surface area contributed by atoms with Gasteiger partial charge < -0.3 is 14.3 Å². The zero-order chi connectivity index (χ0) is 26.7. The van der Waals surface area contributed by atoms with Gasteiger partial charge in [0, 0.05) is 52.8 Å². The normalized spacial score (nSPS) is 19.2. The van der Waals surface area contributed by atoms with Crippen LogP contribution in [0.2, 0.25) is 0 Å². The van der Waals surface area contributed by atoms with Crippen LogP contribution in [-0.4, -0.2) is 64.3 Å². The van der Waals surface area contributed by atoms with Gasteiger partial charge in [-0.25, -0.2) is 0 Å². The molecule has 3 heterocycles. The summed E-state index contributed by atoms with van der Waals surface area (Å²) in [6, 6.07) is 16.6. The number of amides is 1. The van der Waals surface area contributed by atoms with Crippen molar-refractivity contribution < 1.29 is 9.63 Å². The molecule has 0 radical (unpaired) electrons. The lowest BCUT2D eigenvalue weighted by molar-refractivity contribution is 0.0161. The van der Waals surface area contributed by atoms with Crippen molar-refractivity contribution in [3.05, 3.63) is 70.3 Å². The van der Waals surface area contributed by atoms with Crippen molar-refractivity contribution in [1.29, 1.82) is 0 Å². The maximum Gasteiger partial charge on any atom is 0.253 e. The summed E-state index contributed by atoms with van der Waals surface area (Å²) >= 11 is 3.54. The maximum absolute atomic E-state index is 13.4. The van der Waals surface area contributed by atoms with Crippen LogP contribution in [0.5, 0.6) is 0 Å². The topological polar surface area (TPSA) is 50.1 Å². The maximum atomic E-state index is 13.4. The third kappa shape index (κ3) is 5.55. The van der Waals surface area contributed by atoms with Gasteiger partial charge in [-0.2, -0.15) is 0 Å². The van der Waals surface area contributed by atoms with Gasteiger partial charge in [-0.1, -0.05) is 39.3 Å². The van der Waals surface area contributed by atoms with Gasteiger partial charge in [0.15, 0.2) is 0 Å². The molecule has 0 spiro atoms. The number of fused-ring (bicyclic) bond motifs is 1. The molecule has 0 atom stereocenters. The first-order chi connectivity index (χ1) is 18.4. The zero-order valence-corrected chi connectivity index (χ0v) is 24.4. The van der Waals surface area contributed by atoms with E-state index in [0.29, 0.717) is 12.5 Å². The molecule has 2 aromatic carbocycles. The van der Waals surface area contributed by atoms with Crippen molar-refractivity contribution in [2.75, 3.05) is 32.8 Å². The summed E-state index contributed by atoms with van der Waals surface area (Å²) < 4.78 is 3.27. The quantitative estimate of drug-likeness (QED) is 0.235. The smallest absolute Gasteiger partial charge is 0.253 e. The van der Waals surface area contributed by atoms with Crippen LogP contribution in [0, 0.1) is 5.92 Å². The van der Waals surface area contributed by atoms with Crippen molar-refractivity contribution >= 4 is 38.5 Å². The fraction of sp³-hybridized carbons (Fsp3) is 0.484. The van der Waals surface area contributed by atoms with E-state index in [-0.39, 0.29) is 11.4 Å². The van der Waals surface area contributed by atoms with E-state index in [2.05, 4.69) is 98.0 Å². The van der Waals surface area contributed by atoms with Crippen molar-refractivity contribution in [1.82, 2.24) is 14.4 Å². The second-order valence-electron chi connectivity index (χ2n) is 10.8. The standard InChI is InChI=1S/C31H39BrN4O2/c1-4-34-17-12-23-6-7-26(22-28(23)34)30(37)35-20-15-31(3,16-21-35)36-18-13-25(14-19-36)29(33-38-5-2)24-8-10-27(32)11-9-24/h6-12,17,22,25H,4-5,13-16,18-21H2,1-3H3/b33-29-. The number of oxime groups is 1. The Labute approximate surface area is 234 Å². The second-order valence-corrected chi connectivity index (χ2v) is 11.7. The number of aryl methyl sites for hydroxylation is 1. The van der Waals surface area contributed by atoms with E-state index in [1.54, 1.807) is 0 Å². The van der Waals surface area contributed by atoms with Crippen LogP contribution in [0.15, 0.2) is 64.4 Å². The largest absolute Gasteiger partial charge is 0.396 e. The van der Waals surface area contributed by atoms with E-state index in [9.17, 15) is 4.79 Å². The third-order valence-electron chi connectivity index (χ3n) is 8.57. The van der Waals surface area contributed by atoms with Crippen LogP contribution in [0.3, 0.4) is 0 Å². The van der Waals surface area contributed by atoms with Crippen LogP contribution >= 0.6 is 15.9 Å². The molecule has 0 aliphatic carbocycles. The molecule has 38 heavy (non-hydrogen) atoms. The number of halogens is 1. The third-order valence-corrected chi connectivity index (χ3v) is 9.10. The highest BCUT2D eigenvalue weighted by molar-refractivity contribution is 9.10. The predicted octanol–water partition coefficient (Wildman–Crippen LogP) is 6.57. The van der Waals surface area contributed by atoms with Crippen LogP contribution in [-0.2, 0) is 11.4 Å². The average Bonchev–Trinajstić information content (AvgIpc) is 3.37. The van der Waals surface area contributed by atoms with Gasteiger partial charge in [0.25, 0.3) is 5.91 Å². The molecule has 1 aromatic heterocycles. The molecule has 0 unspecified atom stereocenters. The number of hydrogen-bond donors (Lipinski definition) is 0. The molecular weight excluding hydrogens is 540 g/mol. The number of aromatic nitrogens is 1. The van der Waals surface area contributed by atoms with E-state index >= 15 is 0 Å². The molecule has 0 bridgehead atoms. The van der Waals surface area contributed by atoms with Crippen molar-refractivity contribution in [2.45, 2.75) is 58.5 Å². The number of benzene rings is 2. The highest BCUT2D eigenvalue weighted by atomic mass is 79.9. The molecule has 2 saturated heterocycles. The lowest BCUT2D eigenvalue weighted by atomic mass is 9.82. The van der Waals surface area contributed by atoms with E-state index in [1.165, 1.54) is 5.39 Å². The van der Waals surface area contributed by atoms with Crippen LogP contribution in [0.4, 0.5) is 0 Å². The molecule has 7 heteroatoms. The van der Waals surface area contributed by atoms with Gasteiger partial charge in [-0.05, 0) is 101 Å². The number of nitrogens with zero attached hydrogens (tertiary/aromatic N) is 4. The van der Waals surface area contributed by atoms with E-state index in [4.69, 9.17) is 4.84 Å². The van der Waals surface area contributed by atoms with Crippen LogP contribution in [0.1, 0.15) is 62.4 Å². The first-order valence-electron chi connectivity index (χ1n) is 14.0. The Hall–Kier alpha value is -2.64. The summed E-state index contributed by atoms with van der Waals surface area (Å²) in [5.41, 5.74) is 4.26. The second kappa shape index (κ2) is 11.6. The minimum Gasteiger partial charge on any atom is -0.396 e. The first-order valence-corrected chi connectivity index (χ1v) is 14.8. The first kappa shape index (κ1) is 26.9. The highest BCUT2D eigenvalue weighted by Gasteiger charge is 2.39. The van der Waals surface area contributed by atoms with Gasteiger partial charge in [0.2, 0.25) is 0 Å². The number of carbonyl (C=O) groups excluding carboxylic acids is 1. The van der Waals surface area contributed by atoms with E-state index < -0.39 is 0 Å². The molecule has 6 nitrogen and oxygen atoms in total. The predicted molar refractivity (Wildman–Crippen MR) is 158 cm³/mol. The Morgan fingerprint density at radius 2 is 1.68 bits per heavy atom. The lowest BCUT2D eigenvalue weighted by Gasteiger charge is -2.49. The van der Waals surface area contributed by atoms with Gasteiger partial charge in [-0.15, -0.1) is 0 Å². The molecular formula is C31H39BrN4O2. The fourth-order valence-corrected chi connectivity index (χ4v) is 6.36. The van der Waals surface area contributed by atoms with E-state index in [0.717, 1.165) is 85.2 Å². The van der Waals surface area contributed by atoms with Gasteiger partial charge in [-0.3, -0.25) is 9.69 Å². The van der Waals surface area contributed by atoms with Crippen LogP contribution < -0.4 is 0 Å². The van der Waals surface area contributed by atoms with Crippen LogP contribution in [0.25, 0.3) is 10.9 Å². The summed E-state index contributed by atoms with van der Waals surface area (Å²) in [6.45, 7) is 11.7. The molecule has 202 valence electrons. The summed E-state index contributed by atoms with van der Waals surface area (Å²) in [4.78, 5) is 23.6. The summed E-state index contributed by atoms with van der Waals surface area (Å²) in [5, 5.41) is 5.73. The highest BCUT2D eigenvalue weighted by Crippen LogP contribution is 2.34. The Morgan fingerprint density at radius 1 is 1.00 bits per heavy atom. The molecule has 5 rings (SSSR count). The average molecular weight is 580 g/mol. The zero-order valence-electron chi connectivity index (χ0n) is 22.8. The van der Waals surface area contributed by atoms with Crippen molar-refractivity contribution in [3.63, 3.8) is 0 Å². The Bertz CT molecular complexity index is 1280. The Morgan fingerprint density at radius 3 is 2.34 bits per heavy atom. The van der Waals surface area contributed by atoms with Crippen molar-refractivity contribution in [3.8, 4) is 0 Å². The summed E-state index contributed by atoms with van der Waals surface area (Å²) in [6.07, 6.45) is 6.24. The summed E-state index contributed by atoms with van der Waals surface area (Å²) in [5.74, 6) is 0.545. The number of piperidine rings is 2. The summed E-state index contributed by atoms with van der Waals surface area (Å²) in [7, 11) is 0. The molecule has 1 amide bonds. The number of carbonyl (C=O) groups is 1. The monoisotopic (exact) mass is 578 g/mol. The number of hydrogen-bond acceptors (Lipinski definition) is 4. The van der Waals surface area contributed by atoms with E-state index in [1.807, 2.05) is 13.0 Å². The molecule has 2 aliphatic rings. The fourth-order valence-electron chi connectivity index (χ4n) is 6.09. The Kier molecular flexibility index (Phi) is 8.24. The molecule has 2 fully saturated rings. The molecule has 2 aliphatic heterocycles. The van der Waals surface area contributed by atoms with Crippen molar-refractivity contribution in [2.24, 2.45) is 11.1 Å². The minimum atomic E-state index is 0.122. The number of rotatable bonds is 7. The van der Waals surface area contributed by atoms with Gasteiger partial charge in [0.1, 0.15) is 6.61 Å². The lowest BCUT2D eigenvalue weighted by Crippen LogP contribution is -2.56. The SMILES string of the molecule is CCO/N=C(/c1ccc(Br)cc1)C1CCN(C2(C)CCN(C(=O)c3ccc4ccn(CC)c4c3)CC2)CC1. The minimum absolute atomic E-state index is 0.122. The molecule has 0 N–H and O–H groups in total.